The van der Waals surface area contributed by atoms with Gasteiger partial charge >= 0.3 is 0 Å². The van der Waals surface area contributed by atoms with Gasteiger partial charge in [-0.1, -0.05) is 88.4 Å². The van der Waals surface area contributed by atoms with Gasteiger partial charge in [0.25, 0.3) is 0 Å². The molecule has 0 aliphatic heterocycles. The van der Waals surface area contributed by atoms with Gasteiger partial charge in [-0.05, 0) is 61.5 Å². The van der Waals surface area contributed by atoms with Gasteiger partial charge in [-0.25, -0.2) is 0 Å². The number of carbonyl (C=O) groups excluding carboxylic acids is 1. The molecule has 31 heavy (non-hydrogen) atoms. The van der Waals surface area contributed by atoms with Crippen LogP contribution in [0.4, 0.5) is 0 Å². The minimum absolute atomic E-state index is 0.237. The smallest absolute Gasteiger partial charge is 0.163 e. The summed E-state index contributed by atoms with van der Waals surface area (Å²) in [6.07, 6.45) is 5.73. The van der Waals surface area contributed by atoms with Crippen LogP contribution in [0, 0.1) is 0 Å². The van der Waals surface area contributed by atoms with Gasteiger partial charge in [0.2, 0.25) is 0 Å². The number of nitrogens with zero attached hydrogens (tertiary/aromatic N) is 2. The second kappa shape index (κ2) is 10.7. The molecule has 0 spiro atoms. The van der Waals surface area contributed by atoms with E-state index >= 15 is 0 Å². The first-order valence-corrected chi connectivity index (χ1v) is 11.7. The largest absolute Gasteiger partial charge is 0.294 e. The SMILES string of the molecule is CCN(CC)C1(N(CC)CC)CCC(=O)C(=Cc2ccccc2)C1=Cc1ccccc1. The summed E-state index contributed by atoms with van der Waals surface area (Å²) in [5, 5.41) is 0. The highest BCUT2D eigenvalue weighted by Gasteiger charge is 2.48. The van der Waals surface area contributed by atoms with Crippen molar-refractivity contribution >= 4 is 17.9 Å². The number of rotatable bonds is 8. The number of carbonyl (C=O) groups is 1. The van der Waals surface area contributed by atoms with Crippen LogP contribution in [0.2, 0.25) is 0 Å². The Hall–Kier alpha value is -2.49. The molecule has 3 rings (SSSR count). The fraction of sp³-hybridized carbons (Fsp3) is 0.393. The highest BCUT2D eigenvalue weighted by atomic mass is 16.1. The molecule has 1 aliphatic rings. The van der Waals surface area contributed by atoms with Crippen molar-refractivity contribution in [1.29, 1.82) is 0 Å². The third-order valence-electron chi connectivity index (χ3n) is 6.52. The average molecular weight is 417 g/mol. The summed E-state index contributed by atoms with van der Waals surface area (Å²) in [6.45, 7) is 12.7. The van der Waals surface area contributed by atoms with Gasteiger partial charge in [-0.2, -0.15) is 0 Å². The van der Waals surface area contributed by atoms with Crippen LogP contribution in [0.3, 0.4) is 0 Å². The standard InChI is InChI=1S/C28H36N2O/c1-5-29(6-2)28(30(7-3)8-4)20-19-27(31)25(21-23-15-11-9-12-16-23)26(28)22-24-17-13-10-14-18-24/h9-18,21-22H,5-8,19-20H2,1-4H3. The van der Waals surface area contributed by atoms with Crippen molar-refractivity contribution in [3.63, 3.8) is 0 Å². The Morgan fingerprint density at radius 2 is 1.19 bits per heavy atom. The van der Waals surface area contributed by atoms with Crippen molar-refractivity contribution in [3.05, 3.63) is 82.9 Å². The fourth-order valence-corrected chi connectivity index (χ4v) is 5.06. The molecule has 0 radical (unpaired) electrons. The Labute approximate surface area is 188 Å². The molecule has 1 saturated carbocycles. The van der Waals surface area contributed by atoms with E-state index in [1.54, 1.807) is 0 Å². The molecule has 0 amide bonds. The van der Waals surface area contributed by atoms with Crippen LogP contribution < -0.4 is 0 Å². The number of Topliss-reactive ketones (excluding diaryl/α,β-unsaturated/α-hetero) is 1. The van der Waals surface area contributed by atoms with E-state index in [9.17, 15) is 4.79 Å². The van der Waals surface area contributed by atoms with Gasteiger partial charge in [0.15, 0.2) is 5.78 Å². The number of hydrogen-bond donors (Lipinski definition) is 0. The lowest BCUT2D eigenvalue weighted by Crippen LogP contribution is -2.63. The third kappa shape index (κ3) is 4.73. The highest BCUT2D eigenvalue weighted by molar-refractivity contribution is 6.07. The monoisotopic (exact) mass is 416 g/mol. The number of ketones is 1. The van der Waals surface area contributed by atoms with Gasteiger partial charge in [0.05, 0.1) is 0 Å². The van der Waals surface area contributed by atoms with E-state index in [-0.39, 0.29) is 11.4 Å². The summed E-state index contributed by atoms with van der Waals surface area (Å²) in [6, 6.07) is 20.6. The molecule has 2 aromatic rings. The molecular formula is C28H36N2O. The average Bonchev–Trinajstić information content (AvgIpc) is 2.81. The van der Waals surface area contributed by atoms with Crippen molar-refractivity contribution in [2.75, 3.05) is 26.2 Å². The second-order valence-electron chi connectivity index (χ2n) is 8.02. The number of likely N-dealkylation sites (N-methyl/N-ethyl adjacent to an activating group) is 2. The van der Waals surface area contributed by atoms with E-state index in [0.717, 1.165) is 54.9 Å². The van der Waals surface area contributed by atoms with Crippen LogP contribution in [-0.4, -0.2) is 47.4 Å². The van der Waals surface area contributed by atoms with Gasteiger partial charge in [0, 0.05) is 12.0 Å². The maximum atomic E-state index is 13.3. The Bertz CT molecular complexity index is 895. The fourth-order valence-electron chi connectivity index (χ4n) is 5.06. The van der Waals surface area contributed by atoms with E-state index in [4.69, 9.17) is 0 Å². The minimum Gasteiger partial charge on any atom is -0.294 e. The summed E-state index contributed by atoms with van der Waals surface area (Å²) >= 11 is 0. The molecule has 1 fully saturated rings. The first-order valence-electron chi connectivity index (χ1n) is 11.7. The Morgan fingerprint density at radius 3 is 1.65 bits per heavy atom. The van der Waals surface area contributed by atoms with E-state index in [1.807, 2.05) is 24.3 Å². The molecule has 3 nitrogen and oxygen atoms in total. The predicted octanol–water partition coefficient (Wildman–Crippen LogP) is 5.90. The molecule has 0 bridgehead atoms. The first-order chi connectivity index (χ1) is 15.1. The van der Waals surface area contributed by atoms with Crippen molar-refractivity contribution in [2.45, 2.75) is 46.2 Å². The lowest BCUT2D eigenvalue weighted by molar-refractivity contribution is -0.119. The molecule has 0 aromatic heterocycles. The molecule has 1 aliphatic carbocycles. The summed E-state index contributed by atoms with van der Waals surface area (Å²) in [5.74, 6) is 0.237. The molecular weight excluding hydrogens is 380 g/mol. The van der Waals surface area contributed by atoms with Gasteiger partial charge < -0.3 is 0 Å². The van der Waals surface area contributed by atoms with Crippen molar-refractivity contribution in [2.24, 2.45) is 0 Å². The topological polar surface area (TPSA) is 23.6 Å². The van der Waals surface area contributed by atoms with Crippen molar-refractivity contribution in [1.82, 2.24) is 9.80 Å². The van der Waals surface area contributed by atoms with Gasteiger partial charge in [0.1, 0.15) is 5.66 Å². The lowest BCUT2D eigenvalue weighted by Gasteiger charge is -2.54. The maximum absolute atomic E-state index is 13.3. The van der Waals surface area contributed by atoms with Crippen LogP contribution in [0.1, 0.15) is 51.7 Å². The van der Waals surface area contributed by atoms with Crippen molar-refractivity contribution < 1.29 is 4.79 Å². The van der Waals surface area contributed by atoms with Crippen LogP contribution in [0.5, 0.6) is 0 Å². The third-order valence-corrected chi connectivity index (χ3v) is 6.52. The quantitative estimate of drug-likeness (QED) is 0.396. The Morgan fingerprint density at radius 1 is 0.742 bits per heavy atom. The Kier molecular flexibility index (Phi) is 8.00. The zero-order valence-corrected chi connectivity index (χ0v) is 19.5. The summed E-state index contributed by atoms with van der Waals surface area (Å²) in [7, 11) is 0. The Balaban J connectivity index is 2.31. The molecule has 3 heteroatoms. The summed E-state index contributed by atoms with van der Waals surface area (Å²) < 4.78 is 0. The lowest BCUT2D eigenvalue weighted by atomic mass is 9.75. The molecule has 2 aromatic carbocycles. The summed E-state index contributed by atoms with van der Waals surface area (Å²) in [4.78, 5) is 18.4. The number of hydrogen-bond acceptors (Lipinski definition) is 3. The predicted molar refractivity (Wildman–Crippen MR) is 132 cm³/mol. The molecule has 0 atom stereocenters. The zero-order chi connectivity index (χ0) is 22.3. The van der Waals surface area contributed by atoms with E-state index < -0.39 is 0 Å². The second-order valence-corrected chi connectivity index (χ2v) is 8.02. The molecule has 0 heterocycles. The van der Waals surface area contributed by atoms with E-state index in [1.165, 1.54) is 0 Å². The molecule has 0 saturated heterocycles. The molecule has 164 valence electrons. The van der Waals surface area contributed by atoms with Gasteiger partial charge in [-0.3, -0.25) is 14.6 Å². The van der Waals surface area contributed by atoms with Crippen LogP contribution in [0.15, 0.2) is 71.8 Å². The summed E-state index contributed by atoms with van der Waals surface area (Å²) in [5.41, 5.74) is 3.89. The molecule has 0 N–H and O–H groups in total. The van der Waals surface area contributed by atoms with Crippen LogP contribution in [0.25, 0.3) is 12.2 Å². The van der Waals surface area contributed by atoms with Crippen LogP contribution >= 0.6 is 0 Å². The highest BCUT2D eigenvalue weighted by Crippen LogP contribution is 2.44. The van der Waals surface area contributed by atoms with E-state index in [0.29, 0.717) is 6.42 Å². The first kappa shape index (κ1) is 23.2. The van der Waals surface area contributed by atoms with E-state index in [2.05, 4.69) is 86.0 Å². The molecule has 0 unspecified atom stereocenters. The van der Waals surface area contributed by atoms with Crippen LogP contribution in [-0.2, 0) is 4.79 Å². The zero-order valence-electron chi connectivity index (χ0n) is 19.5. The van der Waals surface area contributed by atoms with Gasteiger partial charge in [-0.15, -0.1) is 0 Å². The minimum atomic E-state index is -0.294. The number of benzene rings is 2. The van der Waals surface area contributed by atoms with Crippen molar-refractivity contribution in [3.8, 4) is 0 Å². The normalized spacial score (nSPS) is 19.0. The maximum Gasteiger partial charge on any atom is 0.163 e.